The van der Waals surface area contributed by atoms with Crippen LogP contribution in [0.1, 0.15) is 16.2 Å². The van der Waals surface area contributed by atoms with Crippen LogP contribution in [0.25, 0.3) is 0 Å². The fraction of sp³-hybridized carbons (Fsp3) is 0.0769. The molecule has 1 aromatic heterocycles. The van der Waals surface area contributed by atoms with Gasteiger partial charge < -0.3 is 0 Å². The summed E-state index contributed by atoms with van der Waals surface area (Å²) in [6, 6.07) is 10.5. The molecule has 0 atom stereocenters. The number of nitrogens with two attached hydrogens (primary N) is 1. The zero-order valence-corrected chi connectivity index (χ0v) is 12.6. The van der Waals surface area contributed by atoms with Gasteiger partial charge in [-0.2, -0.15) is 0 Å². The van der Waals surface area contributed by atoms with E-state index in [-0.39, 0.29) is 5.69 Å². The minimum Gasteiger partial charge on any atom is -0.289 e. The Balaban J connectivity index is 2.11. The van der Waals surface area contributed by atoms with Gasteiger partial charge in [-0.05, 0) is 30.3 Å². The topological polar surface area (TPSA) is 68.0 Å². The highest BCUT2D eigenvalue weighted by molar-refractivity contribution is 7.98. The minimum atomic E-state index is -0.419. The quantitative estimate of drug-likeness (QED) is 0.391. The number of hydrazine groups is 1. The van der Waals surface area contributed by atoms with Crippen LogP contribution in [0.3, 0.4) is 0 Å². The van der Waals surface area contributed by atoms with Gasteiger partial charge in [0.05, 0.1) is 10.7 Å². The SMILES string of the molecule is NNC(=O)c1cccc(CSc2cc(Cl)ccc2Cl)n1. The lowest BCUT2D eigenvalue weighted by Crippen LogP contribution is -2.30. The van der Waals surface area contributed by atoms with Crippen molar-refractivity contribution in [1.82, 2.24) is 10.4 Å². The first kappa shape index (κ1) is 15.1. The summed E-state index contributed by atoms with van der Waals surface area (Å²) in [5.41, 5.74) is 3.09. The minimum absolute atomic E-state index is 0.280. The molecule has 3 N–H and O–H groups in total. The Morgan fingerprint density at radius 1 is 1.30 bits per heavy atom. The summed E-state index contributed by atoms with van der Waals surface area (Å²) in [6.07, 6.45) is 0. The fourth-order valence-electron chi connectivity index (χ4n) is 1.50. The van der Waals surface area contributed by atoms with Gasteiger partial charge in [0, 0.05) is 15.7 Å². The number of benzene rings is 1. The van der Waals surface area contributed by atoms with E-state index in [9.17, 15) is 4.79 Å². The molecule has 1 amide bonds. The van der Waals surface area contributed by atoms with Gasteiger partial charge in [0.25, 0.3) is 5.91 Å². The molecule has 104 valence electrons. The van der Waals surface area contributed by atoms with Crippen LogP contribution in [0.5, 0.6) is 0 Å². The van der Waals surface area contributed by atoms with Gasteiger partial charge in [-0.25, -0.2) is 10.8 Å². The number of rotatable bonds is 4. The summed E-state index contributed by atoms with van der Waals surface area (Å²) in [4.78, 5) is 16.5. The number of aromatic nitrogens is 1. The number of pyridine rings is 1. The first-order valence-electron chi connectivity index (χ1n) is 5.65. The van der Waals surface area contributed by atoms with Crippen molar-refractivity contribution < 1.29 is 4.79 Å². The van der Waals surface area contributed by atoms with Crippen LogP contribution in [0.15, 0.2) is 41.3 Å². The largest absolute Gasteiger partial charge is 0.289 e. The van der Waals surface area contributed by atoms with Crippen molar-refractivity contribution in [2.45, 2.75) is 10.6 Å². The van der Waals surface area contributed by atoms with Crippen molar-refractivity contribution >= 4 is 40.9 Å². The standard InChI is InChI=1S/C13H11Cl2N3OS/c14-8-4-5-10(15)12(6-8)20-7-9-2-1-3-11(17-9)13(19)18-16/h1-6H,7,16H2,(H,18,19). The maximum Gasteiger partial charge on any atom is 0.283 e. The summed E-state index contributed by atoms with van der Waals surface area (Å²) in [7, 11) is 0. The third-order valence-corrected chi connectivity index (χ3v) is 4.20. The molecule has 0 aliphatic carbocycles. The lowest BCUT2D eigenvalue weighted by molar-refractivity contribution is 0.0948. The van der Waals surface area contributed by atoms with Crippen molar-refractivity contribution in [3.05, 3.63) is 57.8 Å². The third-order valence-electron chi connectivity index (χ3n) is 2.44. The molecule has 1 heterocycles. The van der Waals surface area contributed by atoms with Crippen LogP contribution in [-0.2, 0) is 5.75 Å². The summed E-state index contributed by atoms with van der Waals surface area (Å²) in [6.45, 7) is 0. The molecule has 0 unspecified atom stereocenters. The van der Waals surface area contributed by atoms with Crippen molar-refractivity contribution in [3.63, 3.8) is 0 Å². The molecule has 2 aromatic rings. The van der Waals surface area contributed by atoms with E-state index in [1.54, 1.807) is 30.3 Å². The van der Waals surface area contributed by atoms with Gasteiger partial charge in [-0.3, -0.25) is 10.2 Å². The fourth-order valence-corrected chi connectivity index (χ4v) is 2.90. The van der Waals surface area contributed by atoms with Crippen molar-refractivity contribution in [2.75, 3.05) is 0 Å². The summed E-state index contributed by atoms with van der Waals surface area (Å²) in [5.74, 6) is 5.24. The van der Waals surface area contributed by atoms with Gasteiger partial charge >= 0.3 is 0 Å². The highest BCUT2D eigenvalue weighted by Gasteiger charge is 2.07. The Morgan fingerprint density at radius 3 is 2.85 bits per heavy atom. The molecule has 0 aliphatic rings. The number of thioether (sulfide) groups is 1. The molecular weight excluding hydrogens is 317 g/mol. The Morgan fingerprint density at radius 2 is 2.10 bits per heavy atom. The number of nitrogens with one attached hydrogen (secondary N) is 1. The highest BCUT2D eigenvalue weighted by atomic mass is 35.5. The molecule has 0 aliphatic heterocycles. The van der Waals surface area contributed by atoms with Gasteiger partial charge in [0.2, 0.25) is 0 Å². The highest BCUT2D eigenvalue weighted by Crippen LogP contribution is 2.31. The Labute approximate surface area is 130 Å². The molecule has 2 rings (SSSR count). The molecule has 1 aromatic carbocycles. The number of nitrogens with zero attached hydrogens (tertiary/aromatic N) is 1. The Hall–Kier alpha value is -1.27. The number of carbonyl (C=O) groups is 1. The van der Waals surface area contributed by atoms with E-state index in [4.69, 9.17) is 29.0 Å². The van der Waals surface area contributed by atoms with E-state index >= 15 is 0 Å². The van der Waals surface area contributed by atoms with Gasteiger partial charge in [0.1, 0.15) is 5.69 Å². The number of nitrogen functional groups attached to an aromatic ring is 1. The van der Waals surface area contributed by atoms with Gasteiger partial charge in [0.15, 0.2) is 0 Å². The predicted octanol–water partition coefficient (Wildman–Crippen LogP) is 3.28. The second kappa shape index (κ2) is 6.95. The smallest absolute Gasteiger partial charge is 0.283 e. The maximum absolute atomic E-state index is 11.4. The predicted molar refractivity (Wildman–Crippen MR) is 81.9 cm³/mol. The Kier molecular flexibility index (Phi) is 5.25. The molecule has 4 nitrogen and oxygen atoms in total. The number of amides is 1. The van der Waals surface area contributed by atoms with E-state index in [1.165, 1.54) is 11.8 Å². The summed E-state index contributed by atoms with van der Waals surface area (Å²) in [5, 5.41) is 1.26. The molecule has 0 radical (unpaired) electrons. The Bertz CT molecular complexity index is 637. The summed E-state index contributed by atoms with van der Waals surface area (Å²) < 4.78 is 0. The normalized spacial score (nSPS) is 10.3. The van der Waals surface area contributed by atoms with Crippen LogP contribution < -0.4 is 11.3 Å². The number of carbonyl (C=O) groups excluding carboxylic acids is 1. The first-order chi connectivity index (χ1) is 9.60. The molecule has 0 bridgehead atoms. The number of hydrogen-bond acceptors (Lipinski definition) is 4. The van der Waals surface area contributed by atoms with E-state index in [0.717, 1.165) is 10.6 Å². The van der Waals surface area contributed by atoms with Crippen LogP contribution >= 0.6 is 35.0 Å². The third kappa shape index (κ3) is 3.86. The number of halogens is 2. The van der Waals surface area contributed by atoms with Crippen LogP contribution in [0.4, 0.5) is 0 Å². The van der Waals surface area contributed by atoms with Crippen molar-refractivity contribution in [2.24, 2.45) is 5.84 Å². The zero-order valence-electron chi connectivity index (χ0n) is 10.3. The summed E-state index contributed by atoms with van der Waals surface area (Å²) >= 11 is 13.5. The molecule has 7 heteroatoms. The lowest BCUT2D eigenvalue weighted by Gasteiger charge is -2.06. The van der Waals surface area contributed by atoms with Crippen LogP contribution in [-0.4, -0.2) is 10.9 Å². The molecule has 0 saturated carbocycles. The average molecular weight is 328 g/mol. The molecular formula is C13H11Cl2N3OS. The second-order valence-corrected chi connectivity index (χ2v) is 5.71. The molecule has 0 fully saturated rings. The average Bonchev–Trinajstić information content (AvgIpc) is 2.47. The second-order valence-electron chi connectivity index (χ2n) is 3.85. The first-order valence-corrected chi connectivity index (χ1v) is 7.39. The van der Waals surface area contributed by atoms with E-state index in [2.05, 4.69) is 10.4 Å². The van der Waals surface area contributed by atoms with Gasteiger partial charge in [-0.1, -0.05) is 29.3 Å². The molecule has 0 saturated heterocycles. The van der Waals surface area contributed by atoms with Crippen molar-refractivity contribution in [1.29, 1.82) is 0 Å². The van der Waals surface area contributed by atoms with E-state index < -0.39 is 5.91 Å². The van der Waals surface area contributed by atoms with E-state index in [1.807, 2.05) is 6.07 Å². The monoisotopic (exact) mass is 327 g/mol. The molecule has 20 heavy (non-hydrogen) atoms. The van der Waals surface area contributed by atoms with Crippen molar-refractivity contribution in [3.8, 4) is 0 Å². The maximum atomic E-state index is 11.4. The van der Waals surface area contributed by atoms with E-state index in [0.29, 0.717) is 15.8 Å². The molecule has 0 spiro atoms. The van der Waals surface area contributed by atoms with Gasteiger partial charge in [-0.15, -0.1) is 11.8 Å². The van der Waals surface area contributed by atoms with Crippen LogP contribution in [0, 0.1) is 0 Å². The van der Waals surface area contributed by atoms with Crippen LogP contribution in [0.2, 0.25) is 10.0 Å². The zero-order chi connectivity index (χ0) is 14.5. The lowest BCUT2D eigenvalue weighted by atomic mass is 10.3. The number of hydrogen-bond donors (Lipinski definition) is 2.